The van der Waals surface area contributed by atoms with Crippen LogP contribution in [0.5, 0.6) is 0 Å². The summed E-state index contributed by atoms with van der Waals surface area (Å²) in [6.07, 6.45) is 0.258. The zero-order chi connectivity index (χ0) is 12.0. The van der Waals surface area contributed by atoms with Gasteiger partial charge in [-0.05, 0) is 19.4 Å². The molecule has 0 bridgehead atoms. The van der Waals surface area contributed by atoms with Crippen molar-refractivity contribution < 1.29 is 10.0 Å². The number of benzene rings is 1. The highest BCUT2D eigenvalue weighted by molar-refractivity contribution is 5.76. The van der Waals surface area contributed by atoms with Gasteiger partial charge in [0, 0.05) is 12.5 Å². The maximum absolute atomic E-state index is 11.5. The standard InChI is InChI=1S/C12H18N2O2/c1-9(14-16)8-12(15)13-10(2)11-6-4-3-5-7-11/h3-7,9-10,14,16H,8H2,1-2H3,(H,13,15)/t9-,10-/m0/s1. The second-order valence-electron chi connectivity index (χ2n) is 3.93. The van der Waals surface area contributed by atoms with Gasteiger partial charge in [0.15, 0.2) is 0 Å². The summed E-state index contributed by atoms with van der Waals surface area (Å²) in [5, 5.41) is 11.5. The van der Waals surface area contributed by atoms with E-state index in [0.717, 1.165) is 5.56 Å². The molecular formula is C12H18N2O2. The minimum absolute atomic E-state index is 0.0143. The van der Waals surface area contributed by atoms with E-state index in [4.69, 9.17) is 5.21 Å². The third-order valence-corrected chi connectivity index (χ3v) is 2.39. The Balaban J connectivity index is 2.46. The van der Waals surface area contributed by atoms with Crippen molar-refractivity contribution in [2.75, 3.05) is 0 Å². The molecule has 4 heteroatoms. The number of hydrogen-bond donors (Lipinski definition) is 3. The second-order valence-corrected chi connectivity index (χ2v) is 3.93. The summed E-state index contributed by atoms with van der Waals surface area (Å²) in [6.45, 7) is 3.68. The van der Waals surface area contributed by atoms with E-state index in [-0.39, 0.29) is 24.4 Å². The average Bonchev–Trinajstić information content (AvgIpc) is 2.29. The zero-order valence-corrected chi connectivity index (χ0v) is 9.60. The summed E-state index contributed by atoms with van der Waals surface area (Å²) >= 11 is 0. The number of amides is 1. The van der Waals surface area contributed by atoms with E-state index in [1.165, 1.54) is 0 Å². The summed E-state index contributed by atoms with van der Waals surface area (Å²) in [6, 6.07) is 9.52. The molecule has 1 aromatic rings. The Kier molecular flexibility index (Phi) is 4.95. The van der Waals surface area contributed by atoms with E-state index in [1.807, 2.05) is 42.7 Å². The summed E-state index contributed by atoms with van der Waals surface area (Å²) in [4.78, 5) is 11.5. The number of nitrogens with one attached hydrogen (secondary N) is 2. The lowest BCUT2D eigenvalue weighted by atomic mass is 10.1. The highest BCUT2D eigenvalue weighted by Gasteiger charge is 2.11. The summed E-state index contributed by atoms with van der Waals surface area (Å²) in [7, 11) is 0. The van der Waals surface area contributed by atoms with E-state index < -0.39 is 0 Å². The topological polar surface area (TPSA) is 61.4 Å². The van der Waals surface area contributed by atoms with Gasteiger partial charge in [-0.3, -0.25) is 4.79 Å². The van der Waals surface area contributed by atoms with E-state index in [0.29, 0.717) is 0 Å². The molecule has 3 N–H and O–H groups in total. The number of carbonyl (C=O) groups is 1. The Morgan fingerprint density at radius 2 is 1.94 bits per heavy atom. The van der Waals surface area contributed by atoms with Gasteiger partial charge in [0.25, 0.3) is 0 Å². The van der Waals surface area contributed by atoms with Gasteiger partial charge in [0.1, 0.15) is 0 Å². The Bertz CT molecular complexity index is 327. The molecule has 0 saturated heterocycles. The van der Waals surface area contributed by atoms with Crippen LogP contribution in [0.3, 0.4) is 0 Å². The molecule has 4 nitrogen and oxygen atoms in total. The van der Waals surface area contributed by atoms with Crippen molar-refractivity contribution in [1.29, 1.82) is 0 Å². The molecule has 0 saturated carbocycles. The lowest BCUT2D eigenvalue weighted by molar-refractivity contribution is -0.122. The van der Waals surface area contributed by atoms with Crippen molar-refractivity contribution >= 4 is 5.91 Å². The lowest BCUT2D eigenvalue weighted by Gasteiger charge is -2.15. The first-order valence-electron chi connectivity index (χ1n) is 5.37. The Hall–Kier alpha value is -1.39. The van der Waals surface area contributed by atoms with Crippen molar-refractivity contribution in [3.8, 4) is 0 Å². The Labute approximate surface area is 95.6 Å². The Morgan fingerprint density at radius 1 is 1.31 bits per heavy atom. The monoisotopic (exact) mass is 222 g/mol. The maximum atomic E-state index is 11.5. The van der Waals surface area contributed by atoms with Crippen LogP contribution in [0.15, 0.2) is 30.3 Å². The number of hydroxylamine groups is 1. The van der Waals surface area contributed by atoms with Crippen molar-refractivity contribution in [3.63, 3.8) is 0 Å². The molecule has 2 atom stereocenters. The van der Waals surface area contributed by atoms with E-state index in [9.17, 15) is 4.79 Å². The molecule has 0 aromatic heterocycles. The molecule has 1 aromatic carbocycles. The van der Waals surface area contributed by atoms with Crippen molar-refractivity contribution in [3.05, 3.63) is 35.9 Å². The normalized spacial score (nSPS) is 14.2. The molecule has 0 aliphatic rings. The minimum Gasteiger partial charge on any atom is -0.350 e. The van der Waals surface area contributed by atoms with Crippen LogP contribution in [0.1, 0.15) is 31.9 Å². The minimum atomic E-state index is -0.233. The van der Waals surface area contributed by atoms with Crippen LogP contribution in [0.25, 0.3) is 0 Å². The van der Waals surface area contributed by atoms with Crippen LogP contribution in [0.2, 0.25) is 0 Å². The second kappa shape index (κ2) is 6.25. The molecule has 0 heterocycles. The highest BCUT2D eigenvalue weighted by Crippen LogP contribution is 2.11. The predicted octanol–water partition coefficient (Wildman–Crippen LogP) is 1.62. The van der Waals surface area contributed by atoms with Crippen LogP contribution in [0.4, 0.5) is 0 Å². The largest absolute Gasteiger partial charge is 0.350 e. The van der Waals surface area contributed by atoms with Crippen LogP contribution in [0, 0.1) is 0 Å². The van der Waals surface area contributed by atoms with Gasteiger partial charge in [-0.25, -0.2) is 5.48 Å². The first-order valence-corrected chi connectivity index (χ1v) is 5.37. The smallest absolute Gasteiger partial charge is 0.222 e. The molecule has 0 fully saturated rings. The van der Waals surface area contributed by atoms with E-state index in [1.54, 1.807) is 6.92 Å². The molecule has 0 unspecified atom stereocenters. The molecule has 0 spiro atoms. The molecule has 0 radical (unpaired) electrons. The first-order chi connectivity index (χ1) is 7.63. The molecule has 0 aliphatic carbocycles. The third-order valence-electron chi connectivity index (χ3n) is 2.39. The van der Waals surface area contributed by atoms with Gasteiger partial charge in [0.2, 0.25) is 5.91 Å². The van der Waals surface area contributed by atoms with Gasteiger partial charge in [0.05, 0.1) is 6.04 Å². The molecule has 0 aliphatic heterocycles. The van der Waals surface area contributed by atoms with Gasteiger partial charge in [-0.15, -0.1) is 0 Å². The fourth-order valence-electron chi connectivity index (χ4n) is 1.45. The zero-order valence-electron chi connectivity index (χ0n) is 9.60. The molecular weight excluding hydrogens is 204 g/mol. The summed E-state index contributed by atoms with van der Waals surface area (Å²) in [5.74, 6) is -0.0783. The van der Waals surface area contributed by atoms with E-state index >= 15 is 0 Å². The summed E-state index contributed by atoms with van der Waals surface area (Å²) < 4.78 is 0. The fraction of sp³-hybridized carbons (Fsp3) is 0.417. The SMILES string of the molecule is C[C@H](NC(=O)C[C@H](C)NO)c1ccccc1. The van der Waals surface area contributed by atoms with Crippen LogP contribution < -0.4 is 10.8 Å². The van der Waals surface area contributed by atoms with Gasteiger partial charge in [-0.2, -0.15) is 0 Å². The molecule has 1 rings (SSSR count). The highest BCUT2D eigenvalue weighted by atomic mass is 16.5. The van der Waals surface area contributed by atoms with E-state index in [2.05, 4.69) is 5.32 Å². The molecule has 1 amide bonds. The quantitative estimate of drug-likeness (QED) is 0.663. The molecule has 16 heavy (non-hydrogen) atoms. The van der Waals surface area contributed by atoms with Crippen LogP contribution in [-0.2, 0) is 4.79 Å². The fourth-order valence-corrected chi connectivity index (χ4v) is 1.45. The number of hydrogen-bond acceptors (Lipinski definition) is 3. The van der Waals surface area contributed by atoms with Gasteiger partial charge >= 0.3 is 0 Å². The first kappa shape index (κ1) is 12.7. The predicted molar refractivity (Wildman–Crippen MR) is 62.0 cm³/mol. The van der Waals surface area contributed by atoms with Gasteiger partial charge < -0.3 is 10.5 Å². The van der Waals surface area contributed by atoms with Crippen LogP contribution >= 0.6 is 0 Å². The Morgan fingerprint density at radius 3 is 2.50 bits per heavy atom. The van der Waals surface area contributed by atoms with Crippen molar-refractivity contribution in [2.45, 2.75) is 32.4 Å². The van der Waals surface area contributed by atoms with Gasteiger partial charge in [-0.1, -0.05) is 30.3 Å². The average molecular weight is 222 g/mol. The third kappa shape index (κ3) is 4.00. The molecule has 88 valence electrons. The van der Waals surface area contributed by atoms with Crippen LogP contribution in [-0.4, -0.2) is 17.2 Å². The van der Waals surface area contributed by atoms with Crippen molar-refractivity contribution in [1.82, 2.24) is 10.8 Å². The van der Waals surface area contributed by atoms with Crippen molar-refractivity contribution in [2.24, 2.45) is 0 Å². The summed E-state index contributed by atoms with van der Waals surface area (Å²) in [5.41, 5.74) is 3.12. The lowest BCUT2D eigenvalue weighted by Crippen LogP contribution is -2.33. The maximum Gasteiger partial charge on any atom is 0.222 e. The number of carbonyl (C=O) groups excluding carboxylic acids is 1. The number of rotatable bonds is 5.